The highest BCUT2D eigenvalue weighted by molar-refractivity contribution is 6.35. The van der Waals surface area contributed by atoms with E-state index in [0.29, 0.717) is 0 Å². The van der Waals surface area contributed by atoms with E-state index in [1.807, 2.05) is 0 Å². The molecule has 0 aromatic rings. The van der Waals surface area contributed by atoms with Crippen molar-refractivity contribution in [3.05, 3.63) is 0 Å². The molecule has 0 radical (unpaired) electrons. The van der Waals surface area contributed by atoms with Crippen molar-refractivity contribution in [3.63, 3.8) is 0 Å². The monoisotopic (exact) mass is 211 g/mol. The minimum atomic E-state index is -0.809. The maximum absolute atomic E-state index is 11.1. The summed E-state index contributed by atoms with van der Waals surface area (Å²) in [5.41, 5.74) is 4.31. The first-order valence-electron chi connectivity index (χ1n) is 5.07. The van der Waals surface area contributed by atoms with Crippen molar-refractivity contribution < 1.29 is 14.4 Å². The molecule has 0 saturated heterocycles. The van der Waals surface area contributed by atoms with Gasteiger partial charge in [0.2, 0.25) is 5.91 Å². The highest BCUT2D eigenvalue weighted by Gasteiger charge is 2.31. The van der Waals surface area contributed by atoms with Gasteiger partial charge in [-0.3, -0.25) is 25.2 Å². The Morgan fingerprint density at radius 3 is 2.07 bits per heavy atom. The Morgan fingerprint density at radius 2 is 1.53 bits per heavy atom. The number of amides is 3. The summed E-state index contributed by atoms with van der Waals surface area (Å²) in [6.07, 6.45) is 3.56. The van der Waals surface area contributed by atoms with Gasteiger partial charge in [0, 0.05) is 12.0 Å². The fourth-order valence-corrected chi connectivity index (χ4v) is 1.10. The molecule has 0 spiro atoms. The SMILES string of the molecule is O=C(NNC(=O)C1CC1)C(=O)NC1CC1. The quantitative estimate of drug-likeness (QED) is 0.397. The van der Waals surface area contributed by atoms with E-state index in [0.717, 1.165) is 25.7 Å². The van der Waals surface area contributed by atoms with Gasteiger partial charge < -0.3 is 5.32 Å². The van der Waals surface area contributed by atoms with Crippen molar-refractivity contribution >= 4 is 17.7 Å². The first kappa shape index (κ1) is 9.95. The Bertz CT molecular complexity index is 308. The molecule has 6 nitrogen and oxygen atoms in total. The number of carbonyl (C=O) groups is 3. The third-order valence-electron chi connectivity index (χ3n) is 2.37. The fourth-order valence-electron chi connectivity index (χ4n) is 1.10. The number of hydrogen-bond donors (Lipinski definition) is 3. The second kappa shape index (κ2) is 3.88. The van der Waals surface area contributed by atoms with E-state index in [9.17, 15) is 14.4 Å². The van der Waals surface area contributed by atoms with Crippen LogP contribution in [0.2, 0.25) is 0 Å². The van der Waals surface area contributed by atoms with E-state index in [1.54, 1.807) is 0 Å². The number of rotatable bonds is 2. The lowest BCUT2D eigenvalue weighted by Crippen LogP contribution is -2.49. The Kier molecular flexibility index (Phi) is 2.57. The molecule has 2 saturated carbocycles. The summed E-state index contributed by atoms with van der Waals surface area (Å²) in [5, 5.41) is 2.52. The summed E-state index contributed by atoms with van der Waals surface area (Å²) in [4.78, 5) is 33.3. The molecule has 82 valence electrons. The third kappa shape index (κ3) is 2.93. The van der Waals surface area contributed by atoms with Crippen LogP contribution in [0.3, 0.4) is 0 Å². The topological polar surface area (TPSA) is 87.3 Å². The zero-order valence-electron chi connectivity index (χ0n) is 8.21. The zero-order chi connectivity index (χ0) is 10.8. The average Bonchev–Trinajstić information content (AvgIpc) is 3.01. The summed E-state index contributed by atoms with van der Waals surface area (Å²) in [7, 11) is 0. The summed E-state index contributed by atoms with van der Waals surface area (Å²) < 4.78 is 0. The molecule has 2 aliphatic rings. The molecule has 3 amide bonds. The molecule has 0 unspecified atom stereocenters. The zero-order valence-corrected chi connectivity index (χ0v) is 8.21. The first-order valence-corrected chi connectivity index (χ1v) is 5.07. The highest BCUT2D eigenvalue weighted by atomic mass is 16.2. The van der Waals surface area contributed by atoms with Crippen molar-refractivity contribution in [2.45, 2.75) is 31.7 Å². The molecule has 3 N–H and O–H groups in total. The fraction of sp³-hybridized carbons (Fsp3) is 0.667. The normalized spacial score (nSPS) is 19.2. The lowest BCUT2D eigenvalue weighted by Gasteiger charge is -2.06. The van der Waals surface area contributed by atoms with Crippen LogP contribution in [0, 0.1) is 5.92 Å². The summed E-state index contributed by atoms with van der Waals surface area (Å²) in [6, 6.07) is 0.141. The van der Waals surface area contributed by atoms with Crippen LogP contribution in [0.4, 0.5) is 0 Å². The Morgan fingerprint density at radius 1 is 0.867 bits per heavy atom. The van der Waals surface area contributed by atoms with Gasteiger partial charge in [0.1, 0.15) is 0 Å². The van der Waals surface area contributed by atoms with Crippen LogP contribution in [0.25, 0.3) is 0 Å². The van der Waals surface area contributed by atoms with Crippen LogP contribution < -0.4 is 16.2 Å². The van der Waals surface area contributed by atoms with Crippen LogP contribution in [0.1, 0.15) is 25.7 Å². The van der Waals surface area contributed by atoms with Gasteiger partial charge in [-0.1, -0.05) is 0 Å². The molecule has 0 atom stereocenters. The van der Waals surface area contributed by atoms with Crippen LogP contribution in [-0.2, 0) is 14.4 Å². The van der Waals surface area contributed by atoms with Gasteiger partial charge in [0.05, 0.1) is 0 Å². The molecule has 2 aliphatic carbocycles. The maximum Gasteiger partial charge on any atom is 0.327 e. The van der Waals surface area contributed by atoms with Gasteiger partial charge in [0.15, 0.2) is 0 Å². The molecule has 0 aromatic carbocycles. The first-order chi connectivity index (χ1) is 7.16. The molecule has 0 aromatic heterocycles. The molecule has 15 heavy (non-hydrogen) atoms. The molecule has 0 heterocycles. The van der Waals surface area contributed by atoms with Crippen LogP contribution in [0.5, 0.6) is 0 Å². The number of nitrogens with one attached hydrogen (secondary N) is 3. The molecule has 2 rings (SSSR count). The predicted octanol–water partition coefficient (Wildman–Crippen LogP) is -1.18. The van der Waals surface area contributed by atoms with E-state index in [2.05, 4.69) is 16.2 Å². The molecule has 2 fully saturated rings. The maximum atomic E-state index is 11.1. The third-order valence-corrected chi connectivity index (χ3v) is 2.37. The smallest absolute Gasteiger partial charge is 0.327 e. The molecular formula is C9H13N3O3. The summed E-state index contributed by atoms with van der Waals surface area (Å²) >= 11 is 0. The van der Waals surface area contributed by atoms with E-state index in [4.69, 9.17) is 0 Å². The van der Waals surface area contributed by atoms with Gasteiger partial charge in [0.25, 0.3) is 0 Å². The van der Waals surface area contributed by atoms with Crippen molar-refractivity contribution in [2.24, 2.45) is 5.92 Å². The summed E-state index contributed by atoms with van der Waals surface area (Å²) in [6.45, 7) is 0. The van der Waals surface area contributed by atoms with Crippen molar-refractivity contribution in [1.82, 2.24) is 16.2 Å². The minimum Gasteiger partial charge on any atom is -0.345 e. The Hall–Kier alpha value is -1.59. The van der Waals surface area contributed by atoms with Crippen molar-refractivity contribution in [3.8, 4) is 0 Å². The van der Waals surface area contributed by atoms with Gasteiger partial charge in [-0.2, -0.15) is 0 Å². The van der Waals surface area contributed by atoms with Crippen molar-refractivity contribution in [2.75, 3.05) is 0 Å². The minimum absolute atomic E-state index is 0.0109. The van der Waals surface area contributed by atoms with Gasteiger partial charge in [-0.25, -0.2) is 0 Å². The second-order valence-electron chi connectivity index (χ2n) is 3.97. The molecule has 0 bridgehead atoms. The molecule has 6 heteroatoms. The van der Waals surface area contributed by atoms with E-state index in [-0.39, 0.29) is 17.9 Å². The van der Waals surface area contributed by atoms with E-state index < -0.39 is 11.8 Å². The van der Waals surface area contributed by atoms with Crippen LogP contribution >= 0.6 is 0 Å². The average molecular weight is 211 g/mol. The second-order valence-corrected chi connectivity index (χ2v) is 3.97. The van der Waals surface area contributed by atoms with E-state index >= 15 is 0 Å². The molecular weight excluding hydrogens is 198 g/mol. The highest BCUT2D eigenvalue weighted by Crippen LogP contribution is 2.28. The van der Waals surface area contributed by atoms with Gasteiger partial charge in [-0.15, -0.1) is 0 Å². The number of carbonyl (C=O) groups excluding carboxylic acids is 3. The molecule has 0 aliphatic heterocycles. The standard InChI is InChI=1S/C9H13N3O3/c13-7(5-1-2-5)11-12-9(15)8(14)10-6-3-4-6/h5-6H,1-4H2,(H,10,14)(H,11,13)(H,12,15). The van der Waals surface area contributed by atoms with Crippen LogP contribution in [-0.4, -0.2) is 23.8 Å². The van der Waals surface area contributed by atoms with Crippen LogP contribution in [0.15, 0.2) is 0 Å². The Balaban J connectivity index is 1.66. The number of hydrogen-bond acceptors (Lipinski definition) is 3. The summed E-state index contributed by atoms with van der Waals surface area (Å²) in [5.74, 6) is -1.70. The van der Waals surface area contributed by atoms with E-state index in [1.165, 1.54) is 0 Å². The number of hydrazine groups is 1. The van der Waals surface area contributed by atoms with Crippen molar-refractivity contribution in [1.29, 1.82) is 0 Å². The lowest BCUT2D eigenvalue weighted by molar-refractivity contribution is -0.141. The van der Waals surface area contributed by atoms with Gasteiger partial charge in [-0.05, 0) is 25.7 Å². The predicted molar refractivity (Wildman–Crippen MR) is 50.2 cm³/mol. The largest absolute Gasteiger partial charge is 0.345 e. The van der Waals surface area contributed by atoms with Gasteiger partial charge >= 0.3 is 11.8 Å². The Labute approximate surface area is 86.8 Å². The lowest BCUT2D eigenvalue weighted by atomic mass is 10.4.